The van der Waals surface area contributed by atoms with Crippen LogP contribution in [0.15, 0.2) is 59.6 Å². The summed E-state index contributed by atoms with van der Waals surface area (Å²) < 4.78 is 10.5. The van der Waals surface area contributed by atoms with Crippen LogP contribution in [-0.4, -0.2) is 25.4 Å². The summed E-state index contributed by atoms with van der Waals surface area (Å²) in [4.78, 5) is 15.8. The van der Waals surface area contributed by atoms with Gasteiger partial charge in [-0.2, -0.15) is 0 Å². The van der Waals surface area contributed by atoms with Gasteiger partial charge in [-0.25, -0.2) is 4.79 Å². The van der Waals surface area contributed by atoms with E-state index in [9.17, 15) is 4.79 Å². The fraction of sp³-hybridized carbons (Fsp3) is 0.273. The molecule has 0 aromatic heterocycles. The van der Waals surface area contributed by atoms with Crippen molar-refractivity contribution in [1.82, 2.24) is 0 Å². The van der Waals surface area contributed by atoms with Gasteiger partial charge in [0.2, 0.25) is 0 Å². The van der Waals surface area contributed by atoms with Gasteiger partial charge in [0.05, 0.1) is 18.9 Å². The van der Waals surface area contributed by atoms with E-state index < -0.39 is 0 Å². The van der Waals surface area contributed by atoms with Crippen LogP contribution in [0.4, 0.5) is 5.69 Å². The largest absolute Gasteiger partial charge is 0.494 e. The molecule has 0 fully saturated rings. The van der Waals surface area contributed by atoms with Gasteiger partial charge in [-0.1, -0.05) is 25.5 Å². The lowest BCUT2D eigenvalue weighted by atomic mass is 10.2. The fourth-order valence-corrected chi connectivity index (χ4v) is 2.16. The smallest absolute Gasteiger partial charge is 0.330 e. The van der Waals surface area contributed by atoms with Gasteiger partial charge in [0.25, 0.3) is 0 Å². The molecule has 0 amide bonds. The molecule has 0 aliphatic heterocycles. The number of hydrogen-bond donors (Lipinski definition) is 0. The first kappa shape index (κ1) is 19.4. The van der Waals surface area contributed by atoms with Gasteiger partial charge >= 0.3 is 5.97 Å². The van der Waals surface area contributed by atoms with Crippen LogP contribution in [0.3, 0.4) is 0 Å². The van der Waals surface area contributed by atoms with Crippen molar-refractivity contribution in [2.45, 2.75) is 26.7 Å². The van der Waals surface area contributed by atoms with Crippen molar-refractivity contribution in [2.75, 3.05) is 13.2 Å². The highest BCUT2D eigenvalue weighted by atomic mass is 16.5. The molecule has 2 aromatic rings. The molecule has 0 N–H and O–H groups in total. The van der Waals surface area contributed by atoms with Gasteiger partial charge < -0.3 is 9.47 Å². The molecule has 4 heteroatoms. The highest BCUT2D eigenvalue weighted by molar-refractivity contribution is 5.87. The molecule has 0 radical (unpaired) electrons. The second-order valence-corrected chi connectivity index (χ2v) is 5.71. The maximum absolute atomic E-state index is 11.3. The summed E-state index contributed by atoms with van der Waals surface area (Å²) in [6.07, 6.45) is 7.16. The fourth-order valence-electron chi connectivity index (χ4n) is 2.16. The minimum atomic E-state index is -0.336. The van der Waals surface area contributed by atoms with Crippen LogP contribution in [0.2, 0.25) is 0 Å². The minimum Gasteiger partial charge on any atom is -0.494 e. The zero-order chi connectivity index (χ0) is 18.6. The number of esters is 1. The molecule has 0 unspecified atom stereocenters. The maximum Gasteiger partial charge on any atom is 0.330 e. The average Bonchev–Trinajstić information content (AvgIpc) is 2.67. The lowest BCUT2D eigenvalue weighted by Crippen LogP contribution is -1.98. The molecule has 0 atom stereocenters. The zero-order valence-corrected chi connectivity index (χ0v) is 15.4. The van der Waals surface area contributed by atoms with Gasteiger partial charge in [-0.15, -0.1) is 0 Å². The van der Waals surface area contributed by atoms with E-state index in [0.717, 1.165) is 42.0 Å². The SMILES string of the molecule is CCCCOc1ccc(C=Nc2ccc(C=CC(=O)OCC)cc2)cc1. The summed E-state index contributed by atoms with van der Waals surface area (Å²) in [6, 6.07) is 15.5. The van der Waals surface area contributed by atoms with Crippen LogP contribution in [0.1, 0.15) is 37.8 Å². The van der Waals surface area contributed by atoms with Crippen molar-refractivity contribution >= 4 is 23.9 Å². The summed E-state index contributed by atoms with van der Waals surface area (Å²) in [5.74, 6) is 0.546. The van der Waals surface area contributed by atoms with Gasteiger partial charge in [0, 0.05) is 12.3 Å². The molecule has 2 aromatic carbocycles. The minimum absolute atomic E-state index is 0.336. The topological polar surface area (TPSA) is 47.9 Å². The Morgan fingerprint density at radius 3 is 2.35 bits per heavy atom. The van der Waals surface area contributed by atoms with Crippen molar-refractivity contribution in [3.63, 3.8) is 0 Å². The Morgan fingerprint density at radius 1 is 1.00 bits per heavy atom. The number of carbonyl (C=O) groups is 1. The van der Waals surface area contributed by atoms with Crippen LogP contribution in [-0.2, 0) is 9.53 Å². The number of unbranched alkanes of at least 4 members (excludes halogenated alkanes) is 1. The first-order chi connectivity index (χ1) is 12.7. The van der Waals surface area contributed by atoms with Crippen molar-refractivity contribution in [2.24, 2.45) is 4.99 Å². The summed E-state index contributed by atoms with van der Waals surface area (Å²) >= 11 is 0. The quantitative estimate of drug-likeness (QED) is 0.270. The van der Waals surface area contributed by atoms with E-state index >= 15 is 0 Å². The highest BCUT2D eigenvalue weighted by Crippen LogP contribution is 2.16. The van der Waals surface area contributed by atoms with E-state index in [2.05, 4.69) is 11.9 Å². The summed E-state index contributed by atoms with van der Waals surface area (Å²) in [5, 5.41) is 0. The number of carbonyl (C=O) groups excluding carboxylic acids is 1. The average molecular weight is 351 g/mol. The van der Waals surface area contributed by atoms with E-state index in [1.54, 1.807) is 13.0 Å². The number of benzene rings is 2. The predicted molar refractivity (Wildman–Crippen MR) is 106 cm³/mol. The van der Waals surface area contributed by atoms with Gasteiger partial charge in [0.1, 0.15) is 5.75 Å². The summed E-state index contributed by atoms with van der Waals surface area (Å²) in [7, 11) is 0. The van der Waals surface area contributed by atoms with E-state index in [-0.39, 0.29) is 5.97 Å². The molecular formula is C22H25NO3. The number of nitrogens with zero attached hydrogens (tertiary/aromatic N) is 1. The van der Waals surface area contributed by atoms with Crippen molar-refractivity contribution in [3.05, 3.63) is 65.7 Å². The van der Waals surface area contributed by atoms with Crippen LogP contribution in [0.25, 0.3) is 6.08 Å². The second-order valence-electron chi connectivity index (χ2n) is 5.71. The monoisotopic (exact) mass is 351 g/mol. The molecule has 0 aliphatic rings. The standard InChI is InChI=1S/C22H25NO3/c1-3-5-16-26-21-13-8-19(9-14-21)17-23-20-11-6-18(7-12-20)10-15-22(24)25-4-2/h6-15,17H,3-5,16H2,1-2H3. The first-order valence-corrected chi connectivity index (χ1v) is 8.93. The molecule has 26 heavy (non-hydrogen) atoms. The van der Waals surface area contributed by atoms with Crippen LogP contribution in [0.5, 0.6) is 5.75 Å². The predicted octanol–water partition coefficient (Wildman–Crippen LogP) is 5.19. The third kappa shape index (κ3) is 6.93. The van der Waals surface area contributed by atoms with Crippen molar-refractivity contribution in [1.29, 1.82) is 0 Å². The molecule has 4 nitrogen and oxygen atoms in total. The second kappa shape index (κ2) is 10.9. The first-order valence-electron chi connectivity index (χ1n) is 8.93. The molecule has 0 bridgehead atoms. The van der Waals surface area contributed by atoms with E-state index in [4.69, 9.17) is 9.47 Å². The van der Waals surface area contributed by atoms with E-state index in [1.807, 2.05) is 54.7 Å². The maximum atomic E-state index is 11.3. The zero-order valence-electron chi connectivity index (χ0n) is 15.4. The molecule has 0 saturated carbocycles. The Hall–Kier alpha value is -2.88. The summed E-state index contributed by atoms with van der Waals surface area (Å²) in [5.41, 5.74) is 2.78. The van der Waals surface area contributed by atoms with Gasteiger partial charge in [0.15, 0.2) is 0 Å². The van der Waals surface area contributed by atoms with E-state index in [0.29, 0.717) is 6.61 Å². The van der Waals surface area contributed by atoms with Crippen molar-refractivity contribution < 1.29 is 14.3 Å². The molecule has 2 rings (SSSR count). The molecule has 0 aliphatic carbocycles. The Morgan fingerprint density at radius 2 is 1.69 bits per heavy atom. The number of rotatable bonds is 9. The van der Waals surface area contributed by atoms with Crippen LogP contribution < -0.4 is 4.74 Å². The third-order valence-electron chi connectivity index (χ3n) is 3.60. The van der Waals surface area contributed by atoms with Crippen molar-refractivity contribution in [3.8, 4) is 5.75 Å². The normalized spacial score (nSPS) is 11.2. The molecular weight excluding hydrogens is 326 g/mol. The van der Waals surface area contributed by atoms with Crippen LogP contribution in [0, 0.1) is 0 Å². The van der Waals surface area contributed by atoms with Gasteiger partial charge in [-0.05, 0) is 66.9 Å². The molecule has 0 heterocycles. The summed E-state index contributed by atoms with van der Waals surface area (Å²) in [6.45, 7) is 5.06. The number of ether oxygens (including phenoxy) is 2. The van der Waals surface area contributed by atoms with Crippen LogP contribution >= 0.6 is 0 Å². The third-order valence-corrected chi connectivity index (χ3v) is 3.60. The molecule has 0 spiro atoms. The molecule has 136 valence electrons. The Kier molecular flexibility index (Phi) is 8.13. The highest BCUT2D eigenvalue weighted by Gasteiger charge is 1.96. The molecule has 0 saturated heterocycles. The van der Waals surface area contributed by atoms with Gasteiger partial charge in [-0.3, -0.25) is 4.99 Å². The Bertz CT molecular complexity index is 731. The lowest BCUT2D eigenvalue weighted by Gasteiger charge is -2.04. The number of aliphatic imine (C=N–C) groups is 1. The Balaban J connectivity index is 1.90. The lowest BCUT2D eigenvalue weighted by molar-refractivity contribution is -0.137. The Labute approximate surface area is 155 Å². The number of hydrogen-bond acceptors (Lipinski definition) is 4. The van der Waals surface area contributed by atoms with E-state index in [1.165, 1.54) is 6.08 Å².